The Bertz CT molecular complexity index is 414. The topological polar surface area (TPSA) is 47.3 Å². The molecular formula is C13H18F2N2O. The molecule has 1 aliphatic heterocycles. The Morgan fingerprint density at radius 3 is 2.89 bits per heavy atom. The highest BCUT2D eigenvalue weighted by Crippen LogP contribution is 2.35. The van der Waals surface area contributed by atoms with Gasteiger partial charge in [-0.1, -0.05) is 13.0 Å². The number of halogens is 2. The summed E-state index contributed by atoms with van der Waals surface area (Å²) < 4.78 is 32.3. The van der Waals surface area contributed by atoms with Crippen molar-refractivity contribution in [3.05, 3.63) is 35.4 Å². The van der Waals surface area contributed by atoms with E-state index >= 15 is 0 Å². The summed E-state index contributed by atoms with van der Waals surface area (Å²) >= 11 is 0. The second-order valence-electron chi connectivity index (χ2n) is 4.58. The van der Waals surface area contributed by atoms with Gasteiger partial charge in [-0.05, 0) is 18.9 Å². The van der Waals surface area contributed by atoms with Crippen molar-refractivity contribution in [3.8, 4) is 0 Å². The van der Waals surface area contributed by atoms with E-state index in [2.05, 4.69) is 5.43 Å². The van der Waals surface area contributed by atoms with Crippen molar-refractivity contribution in [1.82, 2.24) is 5.43 Å². The molecule has 3 atom stereocenters. The van der Waals surface area contributed by atoms with E-state index in [1.807, 2.05) is 6.92 Å². The van der Waals surface area contributed by atoms with E-state index in [9.17, 15) is 8.78 Å². The van der Waals surface area contributed by atoms with Gasteiger partial charge in [0.15, 0.2) is 0 Å². The van der Waals surface area contributed by atoms with Crippen LogP contribution in [0, 0.1) is 17.6 Å². The third-order valence-corrected chi connectivity index (χ3v) is 3.57. The van der Waals surface area contributed by atoms with E-state index in [-0.39, 0.29) is 18.1 Å². The molecule has 3 unspecified atom stereocenters. The predicted molar refractivity (Wildman–Crippen MR) is 64.6 cm³/mol. The van der Waals surface area contributed by atoms with Crippen molar-refractivity contribution < 1.29 is 13.5 Å². The molecule has 1 aliphatic rings. The van der Waals surface area contributed by atoms with Crippen molar-refractivity contribution in [3.63, 3.8) is 0 Å². The molecule has 5 heteroatoms. The summed E-state index contributed by atoms with van der Waals surface area (Å²) in [6.45, 7) is 2.68. The van der Waals surface area contributed by atoms with Crippen LogP contribution in [0.15, 0.2) is 18.2 Å². The molecule has 1 saturated heterocycles. The van der Waals surface area contributed by atoms with Crippen LogP contribution >= 0.6 is 0 Å². The van der Waals surface area contributed by atoms with Crippen LogP contribution in [0.25, 0.3) is 0 Å². The van der Waals surface area contributed by atoms with E-state index in [0.29, 0.717) is 12.2 Å². The highest BCUT2D eigenvalue weighted by Gasteiger charge is 2.35. The van der Waals surface area contributed by atoms with Gasteiger partial charge in [0.25, 0.3) is 0 Å². The normalized spacial score (nSPS) is 25.3. The lowest BCUT2D eigenvalue weighted by Crippen LogP contribution is -2.37. The van der Waals surface area contributed by atoms with Gasteiger partial charge in [-0.2, -0.15) is 0 Å². The molecule has 0 aromatic heterocycles. The zero-order valence-electron chi connectivity index (χ0n) is 10.3. The monoisotopic (exact) mass is 256 g/mol. The van der Waals surface area contributed by atoms with Crippen LogP contribution in [0.5, 0.6) is 0 Å². The fourth-order valence-corrected chi connectivity index (χ4v) is 2.66. The lowest BCUT2D eigenvalue weighted by atomic mass is 9.87. The molecule has 2 rings (SSSR count). The zero-order chi connectivity index (χ0) is 13.1. The maximum absolute atomic E-state index is 13.8. The number of nitrogens with one attached hydrogen (secondary N) is 1. The Labute approximate surface area is 105 Å². The smallest absolute Gasteiger partial charge is 0.130 e. The molecule has 0 spiro atoms. The third-order valence-electron chi connectivity index (χ3n) is 3.57. The van der Waals surface area contributed by atoms with Crippen molar-refractivity contribution in [2.24, 2.45) is 11.8 Å². The summed E-state index contributed by atoms with van der Waals surface area (Å²) in [5.41, 5.74) is 3.04. The molecule has 3 N–H and O–H groups in total. The number of hydrogen-bond donors (Lipinski definition) is 2. The fraction of sp³-hybridized carbons (Fsp3) is 0.538. The first-order valence-corrected chi connectivity index (χ1v) is 6.20. The second kappa shape index (κ2) is 5.73. The minimum absolute atomic E-state index is 0.0653. The quantitative estimate of drug-likeness (QED) is 0.642. The highest BCUT2D eigenvalue weighted by molar-refractivity contribution is 5.23. The van der Waals surface area contributed by atoms with Crippen molar-refractivity contribution in [2.45, 2.75) is 31.9 Å². The van der Waals surface area contributed by atoms with Crippen molar-refractivity contribution >= 4 is 0 Å². The summed E-state index contributed by atoms with van der Waals surface area (Å²) in [5, 5.41) is 0. The molecule has 1 fully saturated rings. The van der Waals surface area contributed by atoms with Gasteiger partial charge < -0.3 is 4.74 Å². The van der Waals surface area contributed by atoms with Crippen LogP contribution < -0.4 is 11.3 Å². The predicted octanol–water partition coefficient (Wildman–Crippen LogP) is 2.28. The van der Waals surface area contributed by atoms with Crippen molar-refractivity contribution in [2.75, 3.05) is 6.61 Å². The molecule has 0 bridgehead atoms. The van der Waals surface area contributed by atoms with Crippen LogP contribution in [0.2, 0.25) is 0 Å². The van der Waals surface area contributed by atoms with Crippen LogP contribution in [-0.4, -0.2) is 12.7 Å². The van der Waals surface area contributed by atoms with Crippen LogP contribution in [-0.2, 0) is 4.74 Å². The Morgan fingerprint density at radius 1 is 1.50 bits per heavy atom. The second-order valence-corrected chi connectivity index (χ2v) is 4.58. The van der Waals surface area contributed by atoms with Crippen molar-refractivity contribution in [1.29, 1.82) is 0 Å². The van der Waals surface area contributed by atoms with Gasteiger partial charge >= 0.3 is 0 Å². The molecule has 100 valence electrons. The molecule has 1 aromatic carbocycles. The van der Waals surface area contributed by atoms with E-state index in [0.717, 1.165) is 18.9 Å². The summed E-state index contributed by atoms with van der Waals surface area (Å²) in [6.07, 6.45) is 1.74. The van der Waals surface area contributed by atoms with E-state index in [4.69, 9.17) is 10.6 Å². The summed E-state index contributed by atoms with van der Waals surface area (Å²) in [5.74, 6) is 4.50. The van der Waals surface area contributed by atoms with Gasteiger partial charge in [0.05, 0.1) is 12.1 Å². The largest absolute Gasteiger partial charge is 0.378 e. The molecule has 0 aliphatic carbocycles. The third kappa shape index (κ3) is 2.53. The van der Waals surface area contributed by atoms with Crippen LogP contribution in [0.1, 0.15) is 31.4 Å². The average Bonchev–Trinajstić information content (AvgIpc) is 2.81. The Balaban J connectivity index is 2.27. The maximum Gasteiger partial charge on any atom is 0.130 e. The number of benzene rings is 1. The zero-order valence-corrected chi connectivity index (χ0v) is 10.3. The number of ether oxygens (including phenoxy) is 1. The van der Waals surface area contributed by atoms with Gasteiger partial charge in [0.1, 0.15) is 11.6 Å². The number of hydrazine groups is 1. The molecule has 0 amide bonds. The maximum atomic E-state index is 13.8. The first kappa shape index (κ1) is 13.4. The summed E-state index contributed by atoms with van der Waals surface area (Å²) in [6, 6.07) is 3.23. The number of rotatable bonds is 4. The first-order valence-electron chi connectivity index (χ1n) is 6.20. The molecule has 1 aromatic rings. The van der Waals surface area contributed by atoms with Gasteiger partial charge in [-0.25, -0.2) is 8.78 Å². The Kier molecular flexibility index (Phi) is 4.27. The Hall–Kier alpha value is -1.04. The fourth-order valence-electron chi connectivity index (χ4n) is 2.66. The Morgan fingerprint density at radius 2 is 2.28 bits per heavy atom. The summed E-state index contributed by atoms with van der Waals surface area (Å²) in [7, 11) is 0. The van der Waals surface area contributed by atoms with E-state index in [1.165, 1.54) is 12.1 Å². The van der Waals surface area contributed by atoms with Gasteiger partial charge in [-0.15, -0.1) is 0 Å². The van der Waals surface area contributed by atoms with Gasteiger partial charge in [0.2, 0.25) is 0 Å². The SMILES string of the molecule is CCC1OCCC1C(NN)c1ccc(F)cc1F. The molecular weight excluding hydrogens is 238 g/mol. The molecule has 0 saturated carbocycles. The van der Waals surface area contributed by atoms with Gasteiger partial charge in [0, 0.05) is 24.2 Å². The van der Waals surface area contributed by atoms with E-state index < -0.39 is 11.6 Å². The standard InChI is InChI=1S/C13H18F2N2O/c1-2-12-10(5-6-18-12)13(17-16)9-4-3-8(14)7-11(9)15/h3-4,7,10,12-13,17H,2,5-6,16H2,1H3. The number of hydrogen-bond acceptors (Lipinski definition) is 3. The lowest BCUT2D eigenvalue weighted by molar-refractivity contribution is 0.0770. The summed E-state index contributed by atoms with van der Waals surface area (Å²) in [4.78, 5) is 0. The van der Waals surface area contributed by atoms with Crippen LogP contribution in [0.3, 0.4) is 0 Å². The molecule has 0 radical (unpaired) electrons. The molecule has 1 heterocycles. The average molecular weight is 256 g/mol. The van der Waals surface area contributed by atoms with E-state index in [1.54, 1.807) is 0 Å². The number of nitrogens with two attached hydrogens (primary N) is 1. The van der Waals surface area contributed by atoms with Gasteiger partial charge in [-0.3, -0.25) is 11.3 Å². The highest BCUT2D eigenvalue weighted by atomic mass is 19.1. The molecule has 18 heavy (non-hydrogen) atoms. The minimum atomic E-state index is -0.582. The minimum Gasteiger partial charge on any atom is -0.378 e. The molecule has 3 nitrogen and oxygen atoms in total. The lowest BCUT2D eigenvalue weighted by Gasteiger charge is -2.27. The van der Waals surface area contributed by atoms with Crippen LogP contribution in [0.4, 0.5) is 8.78 Å². The first-order chi connectivity index (χ1) is 8.67.